The summed E-state index contributed by atoms with van der Waals surface area (Å²) >= 11 is 1.20. The maximum atomic E-state index is 12.3. The molecule has 0 aromatic heterocycles. The number of methoxy groups -OCH3 is 1. The number of anilines is 1. The van der Waals surface area contributed by atoms with Crippen LogP contribution >= 0.6 is 11.8 Å². The maximum absolute atomic E-state index is 12.3. The molecule has 1 fully saturated rings. The summed E-state index contributed by atoms with van der Waals surface area (Å²) in [5, 5.41) is 13.4. The number of carbonyl (C=O) groups excluding carboxylic acids is 2. The van der Waals surface area contributed by atoms with E-state index in [9.17, 15) is 9.59 Å². The van der Waals surface area contributed by atoms with Gasteiger partial charge in [-0.15, -0.1) is 5.10 Å². The number of thioether (sulfide) groups is 1. The number of nitrogens with one attached hydrogen (secondary N) is 2. The molecule has 7 nitrogen and oxygen atoms in total. The minimum absolute atomic E-state index is 0.0605. The van der Waals surface area contributed by atoms with Gasteiger partial charge in [-0.05, 0) is 55.3 Å². The smallest absolute Gasteiger partial charge is 0.240 e. The third kappa shape index (κ3) is 5.68. The molecule has 1 unspecified atom stereocenters. The van der Waals surface area contributed by atoms with Crippen molar-refractivity contribution < 1.29 is 14.3 Å². The monoisotopic (exact) mass is 410 g/mol. The molecule has 0 bridgehead atoms. The first kappa shape index (κ1) is 20.6. The second-order valence-corrected chi connectivity index (χ2v) is 7.78. The van der Waals surface area contributed by atoms with E-state index < -0.39 is 5.25 Å². The number of hydrogen-bond acceptors (Lipinski definition) is 6. The predicted octanol–water partition coefficient (Wildman–Crippen LogP) is 3.26. The maximum Gasteiger partial charge on any atom is 0.240 e. The molecule has 8 heteroatoms. The minimum atomic E-state index is -0.532. The van der Waals surface area contributed by atoms with E-state index in [1.165, 1.54) is 11.8 Å². The summed E-state index contributed by atoms with van der Waals surface area (Å²) in [5.41, 5.74) is 3.72. The number of amides is 2. The van der Waals surface area contributed by atoms with E-state index >= 15 is 0 Å². The lowest BCUT2D eigenvalue weighted by molar-refractivity contribution is -0.122. The number of benzene rings is 2. The quantitative estimate of drug-likeness (QED) is 0.565. The van der Waals surface area contributed by atoms with Crippen LogP contribution in [0, 0.1) is 13.8 Å². The SMILES string of the molecule is COc1ccc(/C=N/N=C2\NC(=O)C(CC(=O)Nc3ccc(C)cc3C)S2)cc1. The van der Waals surface area contributed by atoms with Crippen LogP contribution in [-0.2, 0) is 9.59 Å². The summed E-state index contributed by atoms with van der Waals surface area (Å²) in [6.07, 6.45) is 1.64. The Morgan fingerprint density at radius 3 is 2.69 bits per heavy atom. The van der Waals surface area contributed by atoms with Crippen molar-refractivity contribution in [3.05, 3.63) is 59.2 Å². The zero-order valence-corrected chi connectivity index (χ0v) is 17.2. The van der Waals surface area contributed by atoms with Crippen LogP contribution in [0.3, 0.4) is 0 Å². The second-order valence-electron chi connectivity index (χ2n) is 6.59. The highest BCUT2D eigenvalue weighted by Crippen LogP contribution is 2.24. The lowest BCUT2D eigenvalue weighted by Crippen LogP contribution is -2.28. The summed E-state index contributed by atoms with van der Waals surface area (Å²) in [6, 6.07) is 13.1. The highest BCUT2D eigenvalue weighted by Gasteiger charge is 2.32. The molecule has 2 aromatic rings. The highest BCUT2D eigenvalue weighted by atomic mass is 32.2. The molecule has 2 N–H and O–H groups in total. The number of ether oxygens (including phenoxy) is 1. The van der Waals surface area contributed by atoms with Crippen molar-refractivity contribution in [1.82, 2.24) is 5.32 Å². The minimum Gasteiger partial charge on any atom is -0.497 e. The average molecular weight is 410 g/mol. The molecule has 1 atom stereocenters. The Kier molecular flexibility index (Phi) is 6.66. The Balaban J connectivity index is 1.55. The van der Waals surface area contributed by atoms with Gasteiger partial charge in [0.15, 0.2) is 5.17 Å². The van der Waals surface area contributed by atoms with Crippen molar-refractivity contribution in [3.63, 3.8) is 0 Å². The van der Waals surface area contributed by atoms with Crippen LogP contribution in [-0.4, -0.2) is 35.6 Å². The van der Waals surface area contributed by atoms with Crippen molar-refractivity contribution in [2.24, 2.45) is 10.2 Å². The molecule has 29 heavy (non-hydrogen) atoms. The van der Waals surface area contributed by atoms with Crippen molar-refractivity contribution in [2.45, 2.75) is 25.5 Å². The van der Waals surface area contributed by atoms with Gasteiger partial charge in [0, 0.05) is 12.1 Å². The average Bonchev–Trinajstić information content (AvgIpc) is 3.03. The number of amidine groups is 1. The second kappa shape index (κ2) is 9.38. The van der Waals surface area contributed by atoms with Crippen LogP contribution in [0.25, 0.3) is 0 Å². The topological polar surface area (TPSA) is 92.2 Å². The number of hydrogen-bond donors (Lipinski definition) is 2. The van der Waals surface area contributed by atoms with Crippen molar-refractivity contribution in [1.29, 1.82) is 0 Å². The molecule has 0 saturated carbocycles. The number of carbonyl (C=O) groups is 2. The van der Waals surface area contributed by atoms with Crippen LogP contribution in [0.5, 0.6) is 5.75 Å². The lowest BCUT2D eigenvalue weighted by Gasteiger charge is -2.10. The first-order chi connectivity index (χ1) is 13.9. The molecule has 0 aliphatic carbocycles. The zero-order valence-electron chi connectivity index (χ0n) is 16.4. The van der Waals surface area contributed by atoms with E-state index in [0.717, 1.165) is 28.1 Å². The Morgan fingerprint density at radius 1 is 1.24 bits per heavy atom. The van der Waals surface area contributed by atoms with Gasteiger partial charge in [0.25, 0.3) is 0 Å². The van der Waals surface area contributed by atoms with Gasteiger partial charge in [-0.1, -0.05) is 29.5 Å². The fourth-order valence-corrected chi connectivity index (χ4v) is 3.67. The molecule has 1 saturated heterocycles. The summed E-state index contributed by atoms with van der Waals surface area (Å²) in [4.78, 5) is 24.5. The van der Waals surface area contributed by atoms with Gasteiger partial charge in [0.2, 0.25) is 11.8 Å². The summed E-state index contributed by atoms with van der Waals surface area (Å²) in [5.74, 6) is 0.297. The van der Waals surface area contributed by atoms with Crippen LogP contribution in [0.2, 0.25) is 0 Å². The third-order valence-electron chi connectivity index (χ3n) is 4.27. The lowest BCUT2D eigenvalue weighted by atomic mass is 10.1. The molecular weight excluding hydrogens is 388 g/mol. The summed E-state index contributed by atoms with van der Waals surface area (Å²) < 4.78 is 5.10. The first-order valence-electron chi connectivity index (χ1n) is 9.04. The third-order valence-corrected chi connectivity index (χ3v) is 5.35. The van der Waals surface area contributed by atoms with Crippen molar-refractivity contribution in [3.8, 4) is 5.75 Å². The Hall–Kier alpha value is -3.13. The molecule has 150 valence electrons. The molecular formula is C21H22N4O3S. The predicted molar refractivity (Wildman–Crippen MR) is 117 cm³/mol. The fourth-order valence-electron chi connectivity index (χ4n) is 2.75. The van der Waals surface area contributed by atoms with Gasteiger partial charge in [0.05, 0.1) is 13.3 Å². The number of rotatable bonds is 6. The van der Waals surface area contributed by atoms with Gasteiger partial charge >= 0.3 is 0 Å². The van der Waals surface area contributed by atoms with Gasteiger partial charge < -0.3 is 15.4 Å². The van der Waals surface area contributed by atoms with E-state index in [1.807, 2.05) is 56.3 Å². The highest BCUT2D eigenvalue weighted by molar-refractivity contribution is 8.15. The first-order valence-corrected chi connectivity index (χ1v) is 9.92. The van der Waals surface area contributed by atoms with Gasteiger partial charge in [0.1, 0.15) is 11.0 Å². The van der Waals surface area contributed by atoms with E-state index in [1.54, 1.807) is 13.3 Å². The van der Waals surface area contributed by atoms with Crippen LogP contribution in [0.1, 0.15) is 23.1 Å². The molecule has 0 spiro atoms. The van der Waals surface area contributed by atoms with E-state index in [-0.39, 0.29) is 18.2 Å². The summed E-state index contributed by atoms with van der Waals surface area (Å²) in [7, 11) is 1.60. The largest absolute Gasteiger partial charge is 0.497 e. The van der Waals surface area contributed by atoms with Gasteiger partial charge in [-0.2, -0.15) is 5.10 Å². The normalized spacial score (nSPS) is 17.6. The molecule has 0 radical (unpaired) electrons. The van der Waals surface area contributed by atoms with Crippen LogP contribution in [0.15, 0.2) is 52.7 Å². The van der Waals surface area contributed by atoms with Crippen molar-refractivity contribution >= 4 is 40.6 Å². The van der Waals surface area contributed by atoms with Crippen LogP contribution in [0.4, 0.5) is 5.69 Å². The van der Waals surface area contributed by atoms with Crippen molar-refractivity contribution in [2.75, 3.05) is 12.4 Å². The molecule has 1 heterocycles. The molecule has 2 amide bonds. The number of nitrogens with zero attached hydrogens (tertiary/aromatic N) is 2. The molecule has 3 rings (SSSR count). The van der Waals surface area contributed by atoms with Crippen LogP contribution < -0.4 is 15.4 Å². The van der Waals surface area contributed by atoms with E-state index in [4.69, 9.17) is 4.74 Å². The van der Waals surface area contributed by atoms with E-state index in [0.29, 0.717) is 5.17 Å². The Bertz CT molecular complexity index is 970. The van der Waals surface area contributed by atoms with Gasteiger partial charge in [-0.3, -0.25) is 9.59 Å². The standard InChI is InChI=1S/C21H22N4O3S/c1-13-4-9-17(14(2)10-13)23-19(26)11-18-20(27)24-21(29-18)25-22-12-15-5-7-16(28-3)8-6-15/h4-10,12,18H,11H2,1-3H3,(H,23,26)(H,24,25,27)/b22-12+. The van der Waals surface area contributed by atoms with Gasteiger partial charge in [-0.25, -0.2) is 0 Å². The Labute approximate surface area is 173 Å². The molecule has 1 aliphatic heterocycles. The zero-order chi connectivity index (χ0) is 20.8. The number of aryl methyl sites for hydroxylation is 2. The summed E-state index contributed by atoms with van der Waals surface area (Å²) in [6.45, 7) is 3.93. The fraction of sp³-hybridized carbons (Fsp3) is 0.238. The van der Waals surface area contributed by atoms with E-state index in [2.05, 4.69) is 20.8 Å². The molecule has 1 aliphatic rings. The molecule has 2 aromatic carbocycles. The Morgan fingerprint density at radius 2 is 2.00 bits per heavy atom.